The Labute approximate surface area is 159 Å². The number of nitrogens with one attached hydrogen (secondary N) is 2. The van der Waals surface area contributed by atoms with E-state index in [1.165, 1.54) is 24.5 Å². The Hall–Kier alpha value is -1.90. The smallest absolute Gasteiger partial charge is 0.387 e. The molecule has 0 saturated heterocycles. The Kier molecular flexibility index (Phi) is 7.62. The van der Waals surface area contributed by atoms with Crippen LogP contribution in [-0.2, 0) is 17.9 Å². The standard InChI is InChI=1S/C17H19ClF2N2O3S/c1-22(9-12-4-6-15(18)26-12)10-16(23)21-8-11-3-5-13(25-17(19)20)14(7-11)24-2/h3-7,17H,8-10H2,1-2H3,(H,21,23)/p+1. The van der Waals surface area contributed by atoms with Crippen LogP contribution in [0.25, 0.3) is 0 Å². The summed E-state index contributed by atoms with van der Waals surface area (Å²) in [6, 6.07) is 8.34. The predicted octanol–water partition coefficient (Wildman–Crippen LogP) is 2.34. The molecule has 1 aromatic carbocycles. The van der Waals surface area contributed by atoms with Crippen molar-refractivity contribution in [2.75, 3.05) is 20.7 Å². The topological polar surface area (TPSA) is 52.0 Å². The number of carbonyl (C=O) groups excluding carboxylic acids is 1. The summed E-state index contributed by atoms with van der Waals surface area (Å²) in [4.78, 5) is 14.2. The van der Waals surface area contributed by atoms with Crippen LogP contribution in [0.3, 0.4) is 0 Å². The molecule has 1 heterocycles. The lowest BCUT2D eigenvalue weighted by Gasteiger charge is -2.14. The number of carbonyl (C=O) groups is 1. The van der Waals surface area contributed by atoms with Crippen LogP contribution in [-0.4, -0.2) is 33.2 Å². The summed E-state index contributed by atoms with van der Waals surface area (Å²) in [6.07, 6.45) is 0. The maximum atomic E-state index is 12.3. The number of ether oxygens (including phenoxy) is 2. The number of likely N-dealkylation sites (N-methyl/N-ethyl adjacent to an activating group) is 1. The summed E-state index contributed by atoms with van der Waals surface area (Å²) in [5, 5.41) is 2.81. The minimum atomic E-state index is -2.92. The van der Waals surface area contributed by atoms with E-state index in [9.17, 15) is 13.6 Å². The average Bonchev–Trinajstić information content (AvgIpc) is 2.98. The highest BCUT2D eigenvalue weighted by Crippen LogP contribution is 2.29. The molecule has 0 saturated carbocycles. The average molecular weight is 406 g/mol. The third-order valence-corrected chi connectivity index (χ3v) is 4.73. The number of amides is 1. The molecule has 142 valence electrons. The fourth-order valence-corrected chi connectivity index (χ4v) is 3.56. The van der Waals surface area contributed by atoms with Gasteiger partial charge < -0.3 is 19.7 Å². The maximum absolute atomic E-state index is 12.3. The summed E-state index contributed by atoms with van der Waals surface area (Å²) in [7, 11) is 3.29. The van der Waals surface area contributed by atoms with Crippen molar-refractivity contribution < 1.29 is 27.9 Å². The number of quaternary nitrogens is 1. The molecule has 9 heteroatoms. The van der Waals surface area contributed by atoms with Crippen molar-refractivity contribution in [3.8, 4) is 11.5 Å². The van der Waals surface area contributed by atoms with Crippen molar-refractivity contribution in [2.24, 2.45) is 0 Å². The van der Waals surface area contributed by atoms with Crippen LogP contribution in [0.4, 0.5) is 8.78 Å². The third kappa shape index (κ3) is 6.44. The zero-order valence-corrected chi connectivity index (χ0v) is 15.9. The lowest BCUT2D eigenvalue weighted by atomic mass is 10.2. The van der Waals surface area contributed by atoms with Crippen molar-refractivity contribution in [2.45, 2.75) is 19.7 Å². The molecular weight excluding hydrogens is 386 g/mol. The molecule has 0 spiro atoms. The highest BCUT2D eigenvalue weighted by Gasteiger charge is 2.14. The number of hydrogen-bond acceptors (Lipinski definition) is 4. The van der Waals surface area contributed by atoms with Gasteiger partial charge in [-0.2, -0.15) is 8.78 Å². The van der Waals surface area contributed by atoms with E-state index in [-0.39, 0.29) is 24.0 Å². The first-order valence-corrected chi connectivity index (χ1v) is 9.00. The van der Waals surface area contributed by atoms with Gasteiger partial charge in [0.2, 0.25) is 0 Å². The Morgan fingerprint density at radius 3 is 2.69 bits per heavy atom. The summed E-state index contributed by atoms with van der Waals surface area (Å²) in [5.74, 6) is 0.0303. The minimum absolute atomic E-state index is 0.0450. The summed E-state index contributed by atoms with van der Waals surface area (Å²) < 4.78 is 34.8. The molecule has 1 unspecified atom stereocenters. The molecule has 2 rings (SSSR count). The molecule has 2 N–H and O–H groups in total. The molecule has 0 radical (unpaired) electrons. The first kappa shape index (κ1) is 20.4. The molecule has 1 aromatic heterocycles. The van der Waals surface area contributed by atoms with Gasteiger partial charge in [0, 0.05) is 6.54 Å². The van der Waals surface area contributed by atoms with Gasteiger partial charge in [-0.15, -0.1) is 11.3 Å². The van der Waals surface area contributed by atoms with E-state index < -0.39 is 6.61 Å². The van der Waals surface area contributed by atoms with Crippen LogP contribution in [0.2, 0.25) is 4.34 Å². The molecular formula is C17H20ClF2N2O3S+. The molecule has 2 aromatic rings. The first-order valence-electron chi connectivity index (χ1n) is 7.81. The summed E-state index contributed by atoms with van der Waals surface area (Å²) in [6.45, 7) is -1.65. The Balaban J connectivity index is 1.84. The number of benzene rings is 1. The van der Waals surface area contributed by atoms with Gasteiger partial charge in [0.15, 0.2) is 18.0 Å². The van der Waals surface area contributed by atoms with Crippen LogP contribution in [0.1, 0.15) is 10.4 Å². The molecule has 0 fully saturated rings. The summed E-state index contributed by atoms with van der Waals surface area (Å²) >= 11 is 7.40. The SMILES string of the molecule is COc1cc(CNC(=O)C[NH+](C)Cc2ccc(Cl)s2)ccc1OC(F)F. The van der Waals surface area contributed by atoms with E-state index in [4.69, 9.17) is 16.3 Å². The van der Waals surface area contributed by atoms with Crippen LogP contribution in [0.5, 0.6) is 11.5 Å². The van der Waals surface area contributed by atoms with E-state index in [2.05, 4.69) is 10.1 Å². The molecule has 0 aliphatic carbocycles. The Morgan fingerprint density at radius 1 is 1.31 bits per heavy atom. The molecule has 1 atom stereocenters. The van der Waals surface area contributed by atoms with Gasteiger partial charge >= 0.3 is 6.61 Å². The molecule has 26 heavy (non-hydrogen) atoms. The second kappa shape index (κ2) is 9.70. The number of hydrogen-bond donors (Lipinski definition) is 2. The molecule has 0 aliphatic heterocycles. The molecule has 0 bridgehead atoms. The number of thiophene rings is 1. The van der Waals surface area contributed by atoms with Gasteiger partial charge in [0.1, 0.15) is 6.54 Å². The Bertz CT molecular complexity index is 743. The van der Waals surface area contributed by atoms with Crippen LogP contribution in [0.15, 0.2) is 30.3 Å². The van der Waals surface area contributed by atoms with Crippen LogP contribution < -0.4 is 19.7 Å². The van der Waals surface area contributed by atoms with Crippen LogP contribution in [0, 0.1) is 0 Å². The maximum Gasteiger partial charge on any atom is 0.387 e. The van der Waals surface area contributed by atoms with E-state index >= 15 is 0 Å². The van der Waals surface area contributed by atoms with E-state index in [1.807, 2.05) is 19.2 Å². The number of alkyl halides is 2. The number of halogens is 3. The van der Waals surface area contributed by atoms with Crippen molar-refractivity contribution in [3.05, 3.63) is 45.1 Å². The lowest BCUT2D eigenvalue weighted by Crippen LogP contribution is -3.08. The predicted molar refractivity (Wildman–Crippen MR) is 96.3 cm³/mol. The zero-order valence-electron chi connectivity index (χ0n) is 14.4. The van der Waals surface area contributed by atoms with Crippen molar-refractivity contribution in [1.29, 1.82) is 0 Å². The highest BCUT2D eigenvalue weighted by atomic mass is 35.5. The Morgan fingerprint density at radius 2 is 2.08 bits per heavy atom. The zero-order chi connectivity index (χ0) is 19.1. The van der Waals surface area contributed by atoms with Crippen molar-refractivity contribution in [3.63, 3.8) is 0 Å². The third-order valence-electron chi connectivity index (χ3n) is 3.50. The molecule has 5 nitrogen and oxygen atoms in total. The summed E-state index contributed by atoms with van der Waals surface area (Å²) in [5.41, 5.74) is 0.722. The fourth-order valence-electron chi connectivity index (χ4n) is 2.36. The van der Waals surface area contributed by atoms with Crippen LogP contribution >= 0.6 is 22.9 Å². The fraction of sp³-hybridized carbons (Fsp3) is 0.353. The second-order valence-corrected chi connectivity index (χ2v) is 7.46. The van der Waals surface area contributed by atoms with E-state index in [1.54, 1.807) is 12.1 Å². The number of rotatable bonds is 9. The molecule has 1 amide bonds. The highest BCUT2D eigenvalue weighted by molar-refractivity contribution is 7.16. The normalized spacial score (nSPS) is 12.1. The quantitative estimate of drug-likeness (QED) is 0.673. The van der Waals surface area contributed by atoms with Gasteiger partial charge in [-0.25, -0.2) is 0 Å². The van der Waals surface area contributed by atoms with Crippen molar-refractivity contribution >= 4 is 28.8 Å². The van der Waals surface area contributed by atoms with Crippen molar-refractivity contribution in [1.82, 2.24) is 5.32 Å². The minimum Gasteiger partial charge on any atom is -0.493 e. The van der Waals surface area contributed by atoms with Gasteiger partial charge in [0.05, 0.1) is 23.4 Å². The van der Waals surface area contributed by atoms with E-state index in [0.29, 0.717) is 13.1 Å². The first-order chi connectivity index (χ1) is 12.4. The monoisotopic (exact) mass is 405 g/mol. The number of methoxy groups -OCH3 is 1. The lowest BCUT2D eigenvalue weighted by molar-refractivity contribution is -0.885. The molecule has 0 aliphatic rings. The largest absolute Gasteiger partial charge is 0.493 e. The van der Waals surface area contributed by atoms with Gasteiger partial charge in [-0.05, 0) is 29.8 Å². The van der Waals surface area contributed by atoms with Gasteiger partial charge in [-0.1, -0.05) is 17.7 Å². The van der Waals surface area contributed by atoms with Gasteiger partial charge in [0.25, 0.3) is 5.91 Å². The second-order valence-electron chi connectivity index (χ2n) is 5.66. The van der Waals surface area contributed by atoms with E-state index in [0.717, 1.165) is 19.7 Å². The van der Waals surface area contributed by atoms with Gasteiger partial charge in [-0.3, -0.25) is 4.79 Å².